The van der Waals surface area contributed by atoms with Gasteiger partial charge in [0.2, 0.25) is 0 Å². The number of nitrogens with two attached hydrogens (primary N) is 3. The molecule has 0 bridgehead atoms. The van der Waals surface area contributed by atoms with Crippen molar-refractivity contribution in [3.63, 3.8) is 0 Å². The molecule has 0 atom stereocenters. The molecular formula is C8H12N4O2. The monoisotopic (exact) mass is 196 g/mol. The van der Waals surface area contributed by atoms with Gasteiger partial charge < -0.3 is 17.2 Å². The molecule has 76 valence electrons. The summed E-state index contributed by atoms with van der Waals surface area (Å²) in [6, 6.07) is 2.87. The highest BCUT2D eigenvalue weighted by molar-refractivity contribution is 5.61. The third-order valence-corrected chi connectivity index (χ3v) is 1.99. The molecule has 0 saturated heterocycles. The van der Waals surface area contributed by atoms with Gasteiger partial charge in [0.05, 0.1) is 4.92 Å². The molecule has 0 aromatic heterocycles. The molecule has 0 fully saturated rings. The lowest BCUT2D eigenvalue weighted by atomic mass is 10.1. The molecule has 0 saturated carbocycles. The second kappa shape index (κ2) is 4.03. The van der Waals surface area contributed by atoms with Crippen molar-refractivity contribution < 1.29 is 4.92 Å². The van der Waals surface area contributed by atoms with Gasteiger partial charge in [0.15, 0.2) is 0 Å². The zero-order valence-corrected chi connectivity index (χ0v) is 7.56. The van der Waals surface area contributed by atoms with Crippen molar-refractivity contribution in [2.24, 2.45) is 11.5 Å². The molecule has 0 aliphatic heterocycles. The third kappa shape index (κ3) is 1.81. The summed E-state index contributed by atoms with van der Waals surface area (Å²) < 4.78 is 0. The maximum Gasteiger partial charge on any atom is 0.292 e. The lowest BCUT2D eigenvalue weighted by molar-refractivity contribution is -0.384. The van der Waals surface area contributed by atoms with Gasteiger partial charge in [-0.1, -0.05) is 0 Å². The molecule has 0 aliphatic rings. The van der Waals surface area contributed by atoms with E-state index in [2.05, 4.69) is 0 Å². The van der Waals surface area contributed by atoms with Gasteiger partial charge in [0.1, 0.15) is 5.69 Å². The Morgan fingerprint density at radius 3 is 2.14 bits per heavy atom. The molecular weight excluding hydrogens is 184 g/mol. The van der Waals surface area contributed by atoms with E-state index in [0.717, 1.165) is 5.56 Å². The predicted molar refractivity (Wildman–Crippen MR) is 53.3 cm³/mol. The summed E-state index contributed by atoms with van der Waals surface area (Å²) in [6.45, 7) is 0.488. The van der Waals surface area contributed by atoms with E-state index < -0.39 is 4.92 Å². The van der Waals surface area contributed by atoms with Crippen molar-refractivity contribution >= 4 is 11.4 Å². The number of benzene rings is 1. The summed E-state index contributed by atoms with van der Waals surface area (Å²) in [4.78, 5) is 10.0. The van der Waals surface area contributed by atoms with Crippen molar-refractivity contribution in [1.82, 2.24) is 0 Å². The minimum Gasteiger partial charge on any atom is -0.393 e. The molecule has 1 aromatic rings. The smallest absolute Gasteiger partial charge is 0.292 e. The first kappa shape index (κ1) is 10.4. The number of anilines is 1. The van der Waals surface area contributed by atoms with Gasteiger partial charge in [-0.3, -0.25) is 10.1 Å². The quantitative estimate of drug-likeness (QED) is 0.359. The van der Waals surface area contributed by atoms with Crippen LogP contribution in [-0.2, 0) is 13.1 Å². The Labute approximate surface area is 80.8 Å². The first-order valence-electron chi connectivity index (χ1n) is 4.06. The van der Waals surface area contributed by atoms with Gasteiger partial charge in [0, 0.05) is 19.2 Å². The van der Waals surface area contributed by atoms with Gasteiger partial charge >= 0.3 is 0 Å². The average molecular weight is 196 g/mol. The highest BCUT2D eigenvalue weighted by Gasteiger charge is 2.14. The molecule has 0 heterocycles. The maximum absolute atomic E-state index is 10.5. The van der Waals surface area contributed by atoms with Crippen molar-refractivity contribution in [2.45, 2.75) is 13.1 Å². The standard InChI is InChI=1S/C8H12N4O2/c9-3-5-1-7(11)8(12(13)14)2-6(5)4-10/h1-2H,3-4,9-11H2. The van der Waals surface area contributed by atoms with Gasteiger partial charge in [0.25, 0.3) is 5.69 Å². The molecule has 0 amide bonds. The lowest BCUT2D eigenvalue weighted by Gasteiger charge is -2.06. The number of hydrogen-bond acceptors (Lipinski definition) is 5. The minimum absolute atomic E-state index is 0.118. The molecule has 1 rings (SSSR count). The van der Waals surface area contributed by atoms with Crippen molar-refractivity contribution in [1.29, 1.82) is 0 Å². The fourth-order valence-electron chi connectivity index (χ4n) is 1.23. The molecule has 14 heavy (non-hydrogen) atoms. The zero-order chi connectivity index (χ0) is 10.7. The number of rotatable bonds is 3. The summed E-state index contributed by atoms with van der Waals surface area (Å²) in [7, 11) is 0. The normalized spacial score (nSPS) is 10.1. The highest BCUT2D eigenvalue weighted by atomic mass is 16.6. The van der Waals surface area contributed by atoms with Gasteiger partial charge in [-0.2, -0.15) is 0 Å². The van der Waals surface area contributed by atoms with E-state index >= 15 is 0 Å². The predicted octanol–water partition coefficient (Wildman–Crippen LogP) is 0.0944. The van der Waals surface area contributed by atoms with E-state index in [1.165, 1.54) is 12.1 Å². The van der Waals surface area contributed by atoms with Crippen LogP contribution in [0.25, 0.3) is 0 Å². The minimum atomic E-state index is -0.533. The Hall–Kier alpha value is -1.66. The number of hydrogen-bond donors (Lipinski definition) is 3. The SMILES string of the molecule is NCc1cc(N)c([N+](=O)[O-])cc1CN. The summed E-state index contributed by atoms with van der Waals surface area (Å²) >= 11 is 0. The van der Waals surface area contributed by atoms with Gasteiger partial charge in [-0.15, -0.1) is 0 Å². The summed E-state index contributed by atoms with van der Waals surface area (Å²) in [5.74, 6) is 0. The van der Waals surface area contributed by atoms with Crippen molar-refractivity contribution in [3.05, 3.63) is 33.4 Å². The Bertz CT molecular complexity index is 365. The Morgan fingerprint density at radius 2 is 1.71 bits per heavy atom. The van der Waals surface area contributed by atoms with Crippen LogP contribution in [0.5, 0.6) is 0 Å². The van der Waals surface area contributed by atoms with Crippen LogP contribution in [0.1, 0.15) is 11.1 Å². The average Bonchev–Trinajstić information content (AvgIpc) is 2.16. The first-order valence-corrected chi connectivity index (χ1v) is 4.06. The van der Waals surface area contributed by atoms with E-state index in [1.54, 1.807) is 0 Å². The topological polar surface area (TPSA) is 121 Å². The zero-order valence-electron chi connectivity index (χ0n) is 7.56. The van der Waals surface area contributed by atoms with Crippen LogP contribution in [0, 0.1) is 10.1 Å². The van der Waals surface area contributed by atoms with Crippen LogP contribution in [-0.4, -0.2) is 4.92 Å². The second-order valence-corrected chi connectivity index (χ2v) is 2.85. The lowest BCUT2D eigenvalue weighted by Crippen LogP contribution is -2.08. The Balaban J connectivity index is 3.30. The number of nitrogens with zero attached hydrogens (tertiary/aromatic N) is 1. The van der Waals surface area contributed by atoms with Crippen LogP contribution in [0.15, 0.2) is 12.1 Å². The Morgan fingerprint density at radius 1 is 1.21 bits per heavy atom. The van der Waals surface area contributed by atoms with E-state index in [4.69, 9.17) is 17.2 Å². The van der Waals surface area contributed by atoms with Crippen molar-refractivity contribution in [2.75, 3.05) is 5.73 Å². The summed E-state index contributed by atoms with van der Waals surface area (Å²) in [5, 5.41) is 10.5. The second-order valence-electron chi connectivity index (χ2n) is 2.85. The molecule has 1 aromatic carbocycles. The molecule has 0 unspecified atom stereocenters. The summed E-state index contributed by atoms with van der Waals surface area (Å²) in [6.07, 6.45) is 0. The van der Waals surface area contributed by atoms with Crippen LogP contribution < -0.4 is 17.2 Å². The molecule has 6 N–H and O–H groups in total. The Kier molecular flexibility index (Phi) is 3.00. The number of nitro groups is 1. The van der Waals surface area contributed by atoms with Gasteiger partial charge in [-0.05, 0) is 17.2 Å². The van der Waals surface area contributed by atoms with Gasteiger partial charge in [-0.25, -0.2) is 0 Å². The molecule has 0 radical (unpaired) electrons. The maximum atomic E-state index is 10.5. The summed E-state index contributed by atoms with van der Waals surface area (Å²) in [5.41, 5.74) is 17.8. The fourth-order valence-corrected chi connectivity index (χ4v) is 1.23. The van der Waals surface area contributed by atoms with Crippen LogP contribution in [0.4, 0.5) is 11.4 Å². The molecule has 6 heteroatoms. The number of nitro benzene ring substituents is 1. The largest absolute Gasteiger partial charge is 0.393 e. The third-order valence-electron chi connectivity index (χ3n) is 1.99. The molecule has 0 aliphatic carbocycles. The number of nitrogen functional groups attached to an aromatic ring is 1. The van der Waals surface area contributed by atoms with Crippen LogP contribution in [0.3, 0.4) is 0 Å². The van der Waals surface area contributed by atoms with E-state index in [1.807, 2.05) is 0 Å². The molecule has 6 nitrogen and oxygen atoms in total. The van der Waals surface area contributed by atoms with Crippen molar-refractivity contribution in [3.8, 4) is 0 Å². The van der Waals surface area contributed by atoms with E-state index in [9.17, 15) is 10.1 Å². The van der Waals surface area contributed by atoms with Crippen LogP contribution >= 0.6 is 0 Å². The van der Waals surface area contributed by atoms with E-state index in [-0.39, 0.29) is 24.5 Å². The van der Waals surface area contributed by atoms with E-state index in [0.29, 0.717) is 5.56 Å². The molecule has 0 spiro atoms. The first-order chi connectivity index (χ1) is 6.60. The highest BCUT2D eigenvalue weighted by Crippen LogP contribution is 2.25. The fraction of sp³-hybridized carbons (Fsp3) is 0.250. The van der Waals surface area contributed by atoms with Crippen LogP contribution in [0.2, 0.25) is 0 Å².